The third kappa shape index (κ3) is 2.83. The molecule has 0 aliphatic heterocycles. The molecule has 0 unspecified atom stereocenters. The summed E-state index contributed by atoms with van der Waals surface area (Å²) in [6.07, 6.45) is 1.44. The van der Waals surface area contributed by atoms with Gasteiger partial charge in [0.05, 0.1) is 12.5 Å². The molecular formula is C16H15N3O3S. The number of fused-ring (bicyclic) bond motifs is 1. The van der Waals surface area contributed by atoms with Crippen LogP contribution in [0.5, 0.6) is 5.75 Å². The molecule has 2 aromatic heterocycles. The topological polar surface area (TPSA) is 84.3 Å². The number of carboxylic acid groups (broad SMARTS) is 1. The third-order valence-electron chi connectivity index (χ3n) is 3.56. The van der Waals surface area contributed by atoms with E-state index in [1.54, 1.807) is 14.0 Å². The molecule has 0 spiro atoms. The number of benzene rings is 1. The van der Waals surface area contributed by atoms with E-state index in [-0.39, 0.29) is 0 Å². The van der Waals surface area contributed by atoms with Gasteiger partial charge in [-0.25, -0.2) is 14.8 Å². The van der Waals surface area contributed by atoms with Gasteiger partial charge in [0.1, 0.15) is 27.6 Å². The highest BCUT2D eigenvalue weighted by Crippen LogP contribution is 2.33. The number of aromatic carboxylic acids is 1. The smallest absolute Gasteiger partial charge is 0.346 e. The van der Waals surface area contributed by atoms with Crippen LogP contribution in [0, 0.1) is 6.92 Å². The van der Waals surface area contributed by atoms with Crippen LogP contribution in [0.3, 0.4) is 0 Å². The molecule has 0 bridgehead atoms. The van der Waals surface area contributed by atoms with Crippen molar-refractivity contribution in [2.24, 2.45) is 0 Å². The normalized spacial score (nSPS) is 10.7. The zero-order chi connectivity index (χ0) is 16.4. The molecule has 0 aliphatic carbocycles. The SMILES string of the molecule is COc1ccccc1CNc1ncnc2sc(C(=O)O)c(C)c12. The summed E-state index contributed by atoms with van der Waals surface area (Å²) < 4.78 is 5.33. The predicted octanol–water partition coefficient (Wildman–Crippen LogP) is 3.32. The third-order valence-corrected chi connectivity index (χ3v) is 4.75. The first kappa shape index (κ1) is 15.2. The molecule has 0 fully saturated rings. The van der Waals surface area contributed by atoms with E-state index in [2.05, 4.69) is 15.3 Å². The number of rotatable bonds is 5. The van der Waals surface area contributed by atoms with Crippen LogP contribution in [0.1, 0.15) is 20.8 Å². The fourth-order valence-electron chi connectivity index (χ4n) is 2.44. The largest absolute Gasteiger partial charge is 0.496 e. The molecule has 23 heavy (non-hydrogen) atoms. The number of hydrogen-bond donors (Lipinski definition) is 2. The van der Waals surface area contributed by atoms with Gasteiger partial charge in [0.2, 0.25) is 0 Å². The number of nitrogens with zero attached hydrogens (tertiary/aromatic N) is 2. The highest BCUT2D eigenvalue weighted by atomic mass is 32.1. The van der Waals surface area contributed by atoms with Crippen molar-refractivity contribution >= 4 is 33.3 Å². The van der Waals surface area contributed by atoms with Crippen LogP contribution < -0.4 is 10.1 Å². The summed E-state index contributed by atoms with van der Waals surface area (Å²) in [6, 6.07) is 7.71. The van der Waals surface area contributed by atoms with E-state index in [1.807, 2.05) is 24.3 Å². The van der Waals surface area contributed by atoms with Crippen molar-refractivity contribution in [2.75, 3.05) is 12.4 Å². The Balaban J connectivity index is 1.96. The molecule has 0 radical (unpaired) electrons. The highest BCUT2D eigenvalue weighted by molar-refractivity contribution is 7.20. The number of anilines is 1. The lowest BCUT2D eigenvalue weighted by Crippen LogP contribution is -2.04. The van der Waals surface area contributed by atoms with Crippen molar-refractivity contribution in [3.63, 3.8) is 0 Å². The van der Waals surface area contributed by atoms with E-state index in [0.717, 1.165) is 28.0 Å². The zero-order valence-electron chi connectivity index (χ0n) is 12.7. The van der Waals surface area contributed by atoms with Crippen LogP contribution in [-0.4, -0.2) is 28.2 Å². The van der Waals surface area contributed by atoms with E-state index in [9.17, 15) is 9.90 Å². The first-order valence-corrected chi connectivity index (χ1v) is 7.76. The number of carbonyl (C=O) groups is 1. The molecule has 7 heteroatoms. The maximum Gasteiger partial charge on any atom is 0.346 e. The van der Waals surface area contributed by atoms with Gasteiger partial charge in [-0.3, -0.25) is 0 Å². The minimum absolute atomic E-state index is 0.292. The second-order valence-corrected chi connectivity index (χ2v) is 5.93. The summed E-state index contributed by atoms with van der Waals surface area (Å²) in [7, 11) is 1.63. The average molecular weight is 329 g/mol. The number of carboxylic acids is 1. The fourth-order valence-corrected chi connectivity index (χ4v) is 3.43. The van der Waals surface area contributed by atoms with Crippen molar-refractivity contribution < 1.29 is 14.6 Å². The molecule has 0 saturated heterocycles. The summed E-state index contributed by atoms with van der Waals surface area (Å²) in [5.74, 6) is 0.474. The lowest BCUT2D eigenvalue weighted by atomic mass is 10.2. The van der Waals surface area contributed by atoms with Crippen LogP contribution in [0.4, 0.5) is 5.82 Å². The van der Waals surface area contributed by atoms with E-state index in [0.29, 0.717) is 27.6 Å². The molecule has 3 rings (SSSR count). The second-order valence-electron chi connectivity index (χ2n) is 4.93. The Kier molecular flexibility index (Phi) is 4.12. The van der Waals surface area contributed by atoms with Crippen molar-refractivity contribution in [1.82, 2.24) is 9.97 Å². The second kappa shape index (κ2) is 6.21. The summed E-state index contributed by atoms with van der Waals surface area (Å²) in [5.41, 5.74) is 1.67. The molecule has 2 N–H and O–H groups in total. The van der Waals surface area contributed by atoms with Crippen molar-refractivity contribution in [3.8, 4) is 5.75 Å². The van der Waals surface area contributed by atoms with Gasteiger partial charge in [-0.15, -0.1) is 11.3 Å². The number of ether oxygens (including phenoxy) is 1. The van der Waals surface area contributed by atoms with Crippen molar-refractivity contribution in [3.05, 3.63) is 46.6 Å². The average Bonchev–Trinajstić information content (AvgIpc) is 2.91. The minimum Gasteiger partial charge on any atom is -0.496 e. The minimum atomic E-state index is -0.943. The molecule has 3 aromatic rings. The van der Waals surface area contributed by atoms with Gasteiger partial charge >= 0.3 is 5.97 Å². The maximum absolute atomic E-state index is 11.3. The zero-order valence-corrected chi connectivity index (χ0v) is 13.5. The number of nitrogens with one attached hydrogen (secondary N) is 1. The Morgan fingerprint density at radius 3 is 2.87 bits per heavy atom. The molecule has 0 saturated carbocycles. The number of thiophene rings is 1. The predicted molar refractivity (Wildman–Crippen MR) is 89.4 cm³/mol. The molecule has 118 valence electrons. The number of aromatic nitrogens is 2. The molecule has 1 aromatic carbocycles. The Bertz CT molecular complexity index is 876. The van der Waals surface area contributed by atoms with Gasteiger partial charge in [-0.1, -0.05) is 18.2 Å². The van der Waals surface area contributed by atoms with Gasteiger partial charge in [0.15, 0.2) is 0 Å². The van der Waals surface area contributed by atoms with Gasteiger partial charge in [-0.05, 0) is 18.6 Å². The summed E-state index contributed by atoms with van der Waals surface area (Å²) in [4.78, 5) is 20.7. The van der Waals surface area contributed by atoms with Crippen molar-refractivity contribution in [2.45, 2.75) is 13.5 Å². The summed E-state index contributed by atoms with van der Waals surface area (Å²) in [5, 5.41) is 13.3. The summed E-state index contributed by atoms with van der Waals surface area (Å²) >= 11 is 1.16. The van der Waals surface area contributed by atoms with E-state index in [1.165, 1.54) is 6.33 Å². The van der Waals surface area contributed by atoms with E-state index < -0.39 is 5.97 Å². The van der Waals surface area contributed by atoms with Gasteiger partial charge < -0.3 is 15.2 Å². The Morgan fingerprint density at radius 2 is 2.13 bits per heavy atom. The molecule has 0 aliphatic rings. The Hall–Kier alpha value is -2.67. The van der Waals surface area contributed by atoms with Gasteiger partial charge in [0.25, 0.3) is 0 Å². The summed E-state index contributed by atoms with van der Waals surface area (Å²) in [6.45, 7) is 2.30. The fraction of sp³-hybridized carbons (Fsp3) is 0.188. The first-order chi connectivity index (χ1) is 11.1. The number of aryl methyl sites for hydroxylation is 1. The lowest BCUT2D eigenvalue weighted by Gasteiger charge is -2.10. The standard InChI is InChI=1S/C16H15N3O3S/c1-9-12-14(17-7-10-5-3-4-6-11(10)22-2)18-8-19-15(12)23-13(9)16(20)21/h3-6,8H,7H2,1-2H3,(H,20,21)(H,17,18,19). The quantitative estimate of drug-likeness (QED) is 0.747. The molecular weight excluding hydrogens is 314 g/mol. The maximum atomic E-state index is 11.3. The van der Waals surface area contributed by atoms with Crippen LogP contribution in [-0.2, 0) is 6.54 Å². The number of methoxy groups -OCH3 is 1. The molecule has 6 nitrogen and oxygen atoms in total. The molecule has 0 atom stereocenters. The van der Waals surface area contributed by atoms with Gasteiger partial charge in [0, 0.05) is 12.1 Å². The lowest BCUT2D eigenvalue weighted by molar-refractivity contribution is 0.0701. The monoisotopic (exact) mass is 329 g/mol. The van der Waals surface area contributed by atoms with E-state index in [4.69, 9.17) is 4.74 Å². The van der Waals surface area contributed by atoms with E-state index >= 15 is 0 Å². The van der Waals surface area contributed by atoms with Crippen molar-refractivity contribution in [1.29, 1.82) is 0 Å². The van der Waals surface area contributed by atoms with Crippen LogP contribution in [0.15, 0.2) is 30.6 Å². The first-order valence-electron chi connectivity index (χ1n) is 6.95. The Labute approximate surface area is 136 Å². The highest BCUT2D eigenvalue weighted by Gasteiger charge is 2.18. The number of hydrogen-bond acceptors (Lipinski definition) is 6. The van der Waals surface area contributed by atoms with Crippen LogP contribution >= 0.6 is 11.3 Å². The van der Waals surface area contributed by atoms with Crippen LogP contribution in [0.25, 0.3) is 10.2 Å². The Morgan fingerprint density at radius 1 is 1.35 bits per heavy atom. The van der Waals surface area contributed by atoms with Crippen LogP contribution in [0.2, 0.25) is 0 Å². The number of para-hydroxylation sites is 1. The molecule has 2 heterocycles. The van der Waals surface area contributed by atoms with Gasteiger partial charge in [-0.2, -0.15) is 0 Å². The molecule has 0 amide bonds.